The fourth-order valence-electron chi connectivity index (χ4n) is 2.39. The Morgan fingerprint density at radius 3 is 2.95 bits per heavy atom. The van der Waals surface area contributed by atoms with Gasteiger partial charge in [0.05, 0.1) is 26.5 Å². The molecule has 0 amide bonds. The minimum atomic E-state index is 0.787. The fourth-order valence-corrected chi connectivity index (χ4v) is 2.39. The Bertz CT molecular complexity index is 621. The number of hydrogen-bond donors (Lipinski definition) is 0. The van der Waals surface area contributed by atoms with Crippen molar-refractivity contribution in [3.63, 3.8) is 0 Å². The van der Waals surface area contributed by atoms with Crippen molar-refractivity contribution in [3.8, 4) is 5.75 Å². The Hall–Kier alpha value is -2.25. The summed E-state index contributed by atoms with van der Waals surface area (Å²) in [6.07, 6.45) is 4.76. The SMILES string of the molecule is COc1ccc(/C=N\n2cncn2)cc1CN1CCOCC1. The van der Waals surface area contributed by atoms with Gasteiger partial charge in [-0.25, -0.2) is 4.98 Å². The number of nitrogens with zero attached hydrogens (tertiary/aromatic N) is 5. The number of methoxy groups -OCH3 is 1. The number of hydrogen-bond acceptors (Lipinski definition) is 6. The Balaban J connectivity index is 1.76. The standard InChI is InChI=1S/C15H19N5O2/c1-21-15-3-2-13(9-17-20-12-16-11-18-20)8-14(15)10-19-4-6-22-7-5-19/h2-3,8-9,11-12H,4-7,10H2,1H3/b17-9-. The molecule has 1 aliphatic rings. The van der Waals surface area contributed by atoms with Gasteiger partial charge < -0.3 is 9.47 Å². The molecule has 1 saturated heterocycles. The second-order valence-corrected chi connectivity index (χ2v) is 5.02. The average molecular weight is 301 g/mol. The molecule has 7 nitrogen and oxygen atoms in total. The highest BCUT2D eigenvalue weighted by Crippen LogP contribution is 2.21. The van der Waals surface area contributed by atoms with Crippen LogP contribution in [0.5, 0.6) is 5.75 Å². The molecule has 3 rings (SSSR count). The third-order valence-corrected chi connectivity index (χ3v) is 3.53. The minimum Gasteiger partial charge on any atom is -0.496 e. The van der Waals surface area contributed by atoms with Crippen molar-refractivity contribution in [2.75, 3.05) is 33.4 Å². The first kappa shape index (κ1) is 14.7. The minimum absolute atomic E-state index is 0.787. The van der Waals surface area contributed by atoms with Crippen LogP contribution in [-0.2, 0) is 11.3 Å². The normalized spacial score (nSPS) is 16.2. The van der Waals surface area contributed by atoms with Crippen molar-refractivity contribution in [2.24, 2.45) is 5.10 Å². The number of ether oxygens (including phenoxy) is 2. The molecular weight excluding hydrogens is 282 g/mol. The van der Waals surface area contributed by atoms with Crippen LogP contribution < -0.4 is 4.74 Å². The molecular formula is C15H19N5O2. The number of morpholine rings is 1. The van der Waals surface area contributed by atoms with E-state index in [-0.39, 0.29) is 0 Å². The predicted octanol–water partition coefficient (Wildman–Crippen LogP) is 1.00. The first-order valence-corrected chi connectivity index (χ1v) is 7.21. The lowest BCUT2D eigenvalue weighted by molar-refractivity contribution is 0.0339. The van der Waals surface area contributed by atoms with E-state index >= 15 is 0 Å². The van der Waals surface area contributed by atoms with Gasteiger partial charge in [-0.2, -0.15) is 5.10 Å². The zero-order valence-electron chi connectivity index (χ0n) is 12.6. The summed E-state index contributed by atoms with van der Waals surface area (Å²) in [4.78, 5) is 7.64. The van der Waals surface area contributed by atoms with Crippen LogP contribution in [0.3, 0.4) is 0 Å². The summed E-state index contributed by atoms with van der Waals surface area (Å²) in [5.74, 6) is 0.893. The lowest BCUT2D eigenvalue weighted by Gasteiger charge is -2.27. The van der Waals surface area contributed by atoms with Crippen LogP contribution in [0, 0.1) is 0 Å². The molecule has 1 aromatic heterocycles. The second kappa shape index (κ2) is 7.15. The van der Waals surface area contributed by atoms with Crippen molar-refractivity contribution < 1.29 is 9.47 Å². The van der Waals surface area contributed by atoms with Crippen molar-refractivity contribution in [3.05, 3.63) is 42.0 Å². The molecule has 1 aromatic carbocycles. The number of benzene rings is 1. The smallest absolute Gasteiger partial charge is 0.139 e. The van der Waals surface area contributed by atoms with Crippen LogP contribution in [0.2, 0.25) is 0 Å². The molecule has 0 atom stereocenters. The fraction of sp³-hybridized carbons (Fsp3) is 0.400. The van der Waals surface area contributed by atoms with E-state index in [2.05, 4.69) is 26.2 Å². The van der Waals surface area contributed by atoms with Gasteiger partial charge >= 0.3 is 0 Å². The van der Waals surface area contributed by atoms with Crippen molar-refractivity contribution in [1.82, 2.24) is 19.8 Å². The largest absolute Gasteiger partial charge is 0.496 e. The third kappa shape index (κ3) is 3.69. The summed E-state index contributed by atoms with van der Waals surface area (Å²) < 4.78 is 10.9. The Morgan fingerprint density at radius 1 is 1.36 bits per heavy atom. The Labute approximate surface area is 129 Å². The van der Waals surface area contributed by atoms with Crippen LogP contribution in [0.15, 0.2) is 36.0 Å². The molecule has 0 saturated carbocycles. The van der Waals surface area contributed by atoms with Crippen LogP contribution in [-0.4, -0.2) is 59.4 Å². The summed E-state index contributed by atoms with van der Waals surface area (Å²) in [5.41, 5.74) is 2.14. The van der Waals surface area contributed by atoms with Crippen molar-refractivity contribution >= 4 is 6.21 Å². The summed E-state index contributed by atoms with van der Waals surface area (Å²) in [6, 6.07) is 6.04. The van der Waals surface area contributed by atoms with E-state index in [1.54, 1.807) is 19.7 Å². The molecule has 1 aliphatic heterocycles. The van der Waals surface area contributed by atoms with Gasteiger partial charge in [0.1, 0.15) is 18.4 Å². The first-order valence-electron chi connectivity index (χ1n) is 7.21. The van der Waals surface area contributed by atoms with Crippen LogP contribution in [0.25, 0.3) is 0 Å². The Kier molecular flexibility index (Phi) is 4.77. The van der Waals surface area contributed by atoms with E-state index in [0.717, 1.165) is 49.7 Å². The van der Waals surface area contributed by atoms with Crippen molar-refractivity contribution in [2.45, 2.75) is 6.54 Å². The highest BCUT2D eigenvalue weighted by Gasteiger charge is 2.13. The molecule has 0 bridgehead atoms. The average Bonchev–Trinajstić information content (AvgIpc) is 3.08. The molecule has 0 unspecified atom stereocenters. The topological polar surface area (TPSA) is 64.8 Å². The van der Waals surface area contributed by atoms with Gasteiger partial charge in [0.2, 0.25) is 0 Å². The summed E-state index contributed by atoms with van der Waals surface area (Å²) in [7, 11) is 1.70. The summed E-state index contributed by atoms with van der Waals surface area (Å²) in [5, 5.41) is 8.17. The monoisotopic (exact) mass is 301 g/mol. The molecule has 0 radical (unpaired) electrons. The van der Waals surface area contributed by atoms with Gasteiger partial charge in [0, 0.05) is 25.2 Å². The van der Waals surface area contributed by atoms with E-state index in [9.17, 15) is 0 Å². The first-order chi connectivity index (χ1) is 10.8. The Morgan fingerprint density at radius 2 is 2.23 bits per heavy atom. The molecule has 0 N–H and O–H groups in total. The second-order valence-electron chi connectivity index (χ2n) is 5.02. The maximum atomic E-state index is 5.46. The van der Waals surface area contributed by atoms with Crippen LogP contribution in [0.1, 0.15) is 11.1 Å². The summed E-state index contributed by atoms with van der Waals surface area (Å²) >= 11 is 0. The van der Waals surface area contributed by atoms with Crippen LogP contribution in [0.4, 0.5) is 0 Å². The molecule has 2 aromatic rings. The third-order valence-electron chi connectivity index (χ3n) is 3.53. The van der Waals surface area contributed by atoms with Crippen molar-refractivity contribution in [1.29, 1.82) is 0 Å². The van der Waals surface area contributed by atoms with Gasteiger partial charge in [-0.15, -0.1) is 9.89 Å². The zero-order valence-corrected chi connectivity index (χ0v) is 12.6. The quantitative estimate of drug-likeness (QED) is 0.771. The van der Waals surface area contributed by atoms with E-state index < -0.39 is 0 Å². The maximum Gasteiger partial charge on any atom is 0.139 e. The lowest BCUT2D eigenvalue weighted by atomic mass is 10.1. The highest BCUT2D eigenvalue weighted by atomic mass is 16.5. The molecule has 116 valence electrons. The molecule has 1 fully saturated rings. The van der Waals surface area contributed by atoms with Gasteiger partial charge in [0.15, 0.2) is 0 Å². The van der Waals surface area contributed by atoms with Gasteiger partial charge in [-0.05, 0) is 23.8 Å². The number of rotatable bonds is 5. The summed E-state index contributed by atoms with van der Waals surface area (Å²) in [6.45, 7) is 4.31. The lowest BCUT2D eigenvalue weighted by Crippen LogP contribution is -2.35. The maximum absolute atomic E-state index is 5.46. The van der Waals surface area contributed by atoms with E-state index in [4.69, 9.17) is 9.47 Å². The van der Waals surface area contributed by atoms with Gasteiger partial charge in [-0.1, -0.05) is 0 Å². The number of aromatic nitrogens is 3. The van der Waals surface area contributed by atoms with E-state index in [0.29, 0.717) is 0 Å². The molecule has 22 heavy (non-hydrogen) atoms. The predicted molar refractivity (Wildman–Crippen MR) is 82.1 cm³/mol. The van der Waals surface area contributed by atoms with E-state index in [1.165, 1.54) is 11.1 Å². The van der Waals surface area contributed by atoms with Gasteiger partial charge in [0.25, 0.3) is 0 Å². The molecule has 2 heterocycles. The molecule has 0 aliphatic carbocycles. The highest BCUT2D eigenvalue weighted by molar-refractivity contribution is 5.80. The zero-order chi connectivity index (χ0) is 15.2. The van der Waals surface area contributed by atoms with Gasteiger partial charge in [-0.3, -0.25) is 4.90 Å². The molecule has 0 spiro atoms. The van der Waals surface area contributed by atoms with Crippen LogP contribution >= 0.6 is 0 Å². The molecule has 7 heteroatoms. The van der Waals surface area contributed by atoms with E-state index in [1.807, 2.05) is 12.1 Å².